The van der Waals surface area contributed by atoms with Gasteiger partial charge in [0.05, 0.1) is 11.6 Å². The number of nitrogens with zero attached hydrogens (tertiary/aromatic N) is 1. The van der Waals surface area contributed by atoms with Crippen LogP contribution in [0.1, 0.15) is 42.7 Å². The van der Waals surface area contributed by atoms with E-state index in [9.17, 15) is 0 Å². The first-order valence-corrected chi connectivity index (χ1v) is 8.61. The molecule has 0 aliphatic heterocycles. The number of hydrogen-bond donors (Lipinski definition) is 0. The molecule has 2 aromatic carbocycles. The molecule has 0 unspecified atom stereocenters. The maximum absolute atomic E-state index is 8.87. The van der Waals surface area contributed by atoms with Gasteiger partial charge in [0.2, 0.25) is 0 Å². The number of benzene rings is 2. The molecule has 2 heteroatoms. The molecule has 23 heavy (non-hydrogen) atoms. The fourth-order valence-electron chi connectivity index (χ4n) is 3.43. The lowest BCUT2D eigenvalue weighted by atomic mass is 9.78. The molecule has 0 amide bonds. The number of hydrogen-bond acceptors (Lipinski definition) is 1. The highest BCUT2D eigenvalue weighted by molar-refractivity contribution is 6.25. The molecule has 1 aliphatic carbocycles. The zero-order valence-corrected chi connectivity index (χ0v) is 13.8. The van der Waals surface area contributed by atoms with Crippen molar-refractivity contribution in [2.24, 2.45) is 5.92 Å². The van der Waals surface area contributed by atoms with Gasteiger partial charge in [-0.3, -0.25) is 0 Å². The standard InChI is InChI=1S/C21H20ClN/c22-14-13-16-1-5-18(6-2-16)20-9-11-21(12-10-20)19-7-3-17(15-23)4-8-19/h3-4,7-14,16,18H,1-2,5-6H2. The Hall–Kier alpha value is -2.04. The summed E-state index contributed by atoms with van der Waals surface area (Å²) in [6.07, 6.45) is 7.06. The van der Waals surface area contributed by atoms with E-state index in [4.69, 9.17) is 16.9 Å². The van der Waals surface area contributed by atoms with Crippen LogP contribution >= 0.6 is 11.6 Å². The quantitative estimate of drug-likeness (QED) is 0.655. The Morgan fingerprint density at radius 3 is 1.96 bits per heavy atom. The lowest BCUT2D eigenvalue weighted by molar-refractivity contribution is 0.376. The molecule has 1 aliphatic rings. The normalized spacial score (nSPS) is 21.2. The Morgan fingerprint density at radius 2 is 1.43 bits per heavy atom. The minimum atomic E-state index is 0.654. The first kappa shape index (κ1) is 15.8. The van der Waals surface area contributed by atoms with Crippen LogP contribution in [-0.4, -0.2) is 0 Å². The van der Waals surface area contributed by atoms with Crippen molar-refractivity contribution in [2.45, 2.75) is 31.6 Å². The predicted octanol–water partition coefficient (Wildman–Crippen LogP) is 6.25. The summed E-state index contributed by atoms with van der Waals surface area (Å²) in [7, 11) is 0. The maximum atomic E-state index is 8.87. The molecule has 3 rings (SSSR count). The van der Waals surface area contributed by atoms with Crippen LogP contribution in [0.5, 0.6) is 0 Å². The molecule has 2 aromatic rings. The molecule has 0 saturated heterocycles. The molecule has 1 saturated carbocycles. The summed E-state index contributed by atoms with van der Waals surface area (Å²) in [4.78, 5) is 0. The zero-order valence-electron chi connectivity index (χ0n) is 13.1. The third-order valence-electron chi connectivity index (χ3n) is 4.85. The van der Waals surface area contributed by atoms with Crippen LogP contribution in [0.25, 0.3) is 11.1 Å². The van der Waals surface area contributed by atoms with Crippen LogP contribution in [0, 0.1) is 17.2 Å². The Kier molecular flexibility index (Phi) is 5.16. The Balaban J connectivity index is 1.69. The molecule has 1 fully saturated rings. The van der Waals surface area contributed by atoms with Gasteiger partial charge >= 0.3 is 0 Å². The van der Waals surface area contributed by atoms with Crippen molar-refractivity contribution in [3.05, 3.63) is 71.3 Å². The van der Waals surface area contributed by atoms with E-state index < -0.39 is 0 Å². The number of allylic oxidation sites excluding steroid dienone is 1. The molecule has 0 spiro atoms. The average Bonchev–Trinajstić information content (AvgIpc) is 2.63. The van der Waals surface area contributed by atoms with E-state index in [1.807, 2.05) is 24.3 Å². The lowest BCUT2D eigenvalue weighted by Gasteiger charge is -2.27. The first-order chi connectivity index (χ1) is 11.3. The number of halogens is 1. The summed E-state index contributed by atoms with van der Waals surface area (Å²) in [5, 5.41) is 8.87. The highest BCUT2D eigenvalue weighted by Gasteiger charge is 2.20. The van der Waals surface area contributed by atoms with Gasteiger partial charge in [-0.15, -0.1) is 0 Å². The summed E-state index contributed by atoms with van der Waals surface area (Å²) < 4.78 is 0. The maximum Gasteiger partial charge on any atom is 0.0991 e. The lowest BCUT2D eigenvalue weighted by Crippen LogP contribution is -2.11. The van der Waals surface area contributed by atoms with Crippen LogP contribution < -0.4 is 0 Å². The minimum absolute atomic E-state index is 0.654. The summed E-state index contributed by atoms with van der Waals surface area (Å²) in [5.74, 6) is 1.33. The molecule has 0 radical (unpaired) electrons. The van der Waals surface area contributed by atoms with Gasteiger partial charge in [0.15, 0.2) is 0 Å². The van der Waals surface area contributed by atoms with Crippen molar-refractivity contribution in [2.75, 3.05) is 0 Å². The summed E-state index contributed by atoms with van der Waals surface area (Å²) in [5.41, 5.74) is 6.17. The van der Waals surface area contributed by atoms with Crippen LogP contribution in [0.4, 0.5) is 0 Å². The van der Waals surface area contributed by atoms with E-state index in [2.05, 4.69) is 36.4 Å². The van der Waals surface area contributed by atoms with Crippen molar-refractivity contribution in [3.63, 3.8) is 0 Å². The van der Waals surface area contributed by atoms with Gasteiger partial charge < -0.3 is 0 Å². The minimum Gasteiger partial charge on any atom is -0.192 e. The summed E-state index contributed by atoms with van der Waals surface area (Å²) in [6.45, 7) is 0. The first-order valence-electron chi connectivity index (χ1n) is 8.17. The molecule has 0 bridgehead atoms. The Bertz CT molecular complexity index is 699. The smallest absolute Gasteiger partial charge is 0.0991 e. The van der Waals surface area contributed by atoms with Gasteiger partial charge in [0.1, 0.15) is 0 Å². The van der Waals surface area contributed by atoms with Crippen molar-refractivity contribution in [1.82, 2.24) is 0 Å². The highest BCUT2D eigenvalue weighted by atomic mass is 35.5. The third-order valence-corrected chi connectivity index (χ3v) is 4.99. The van der Waals surface area contributed by atoms with E-state index in [1.165, 1.54) is 36.8 Å². The van der Waals surface area contributed by atoms with E-state index in [1.54, 1.807) is 5.54 Å². The number of rotatable bonds is 3. The van der Waals surface area contributed by atoms with Crippen LogP contribution in [0.2, 0.25) is 0 Å². The monoisotopic (exact) mass is 321 g/mol. The second kappa shape index (κ2) is 7.49. The van der Waals surface area contributed by atoms with E-state index >= 15 is 0 Å². The van der Waals surface area contributed by atoms with Crippen molar-refractivity contribution in [3.8, 4) is 17.2 Å². The molecule has 116 valence electrons. The van der Waals surface area contributed by atoms with Crippen molar-refractivity contribution in [1.29, 1.82) is 5.26 Å². The Labute approximate surface area is 143 Å². The average molecular weight is 322 g/mol. The SMILES string of the molecule is N#Cc1ccc(-c2ccc(C3CCC(C=CCl)CC3)cc2)cc1. The van der Waals surface area contributed by atoms with Gasteiger partial charge in [-0.25, -0.2) is 0 Å². The van der Waals surface area contributed by atoms with Crippen LogP contribution in [0.15, 0.2) is 60.1 Å². The van der Waals surface area contributed by atoms with Gasteiger partial charge in [-0.1, -0.05) is 54.1 Å². The number of nitriles is 1. The zero-order chi connectivity index (χ0) is 16.1. The molecular weight excluding hydrogens is 302 g/mol. The fraction of sp³-hybridized carbons (Fsp3) is 0.286. The van der Waals surface area contributed by atoms with Gasteiger partial charge in [0.25, 0.3) is 0 Å². The van der Waals surface area contributed by atoms with Crippen LogP contribution in [0.3, 0.4) is 0 Å². The van der Waals surface area contributed by atoms with Crippen molar-refractivity contribution < 1.29 is 0 Å². The summed E-state index contributed by atoms with van der Waals surface area (Å²) >= 11 is 5.68. The van der Waals surface area contributed by atoms with Gasteiger partial charge in [-0.05, 0) is 66.3 Å². The highest BCUT2D eigenvalue weighted by Crippen LogP contribution is 2.37. The molecular formula is C21H20ClN. The molecule has 0 N–H and O–H groups in total. The summed E-state index contributed by atoms with van der Waals surface area (Å²) in [6, 6.07) is 18.8. The molecule has 1 nitrogen and oxygen atoms in total. The Morgan fingerprint density at radius 1 is 0.870 bits per heavy atom. The van der Waals surface area contributed by atoms with Gasteiger partial charge in [-0.2, -0.15) is 5.26 Å². The third kappa shape index (κ3) is 3.84. The van der Waals surface area contributed by atoms with Crippen molar-refractivity contribution >= 4 is 11.6 Å². The fourth-order valence-corrected chi connectivity index (χ4v) is 3.64. The van der Waals surface area contributed by atoms with E-state index in [0.29, 0.717) is 17.4 Å². The van der Waals surface area contributed by atoms with E-state index in [0.717, 1.165) is 5.56 Å². The van der Waals surface area contributed by atoms with E-state index in [-0.39, 0.29) is 0 Å². The molecule has 0 atom stereocenters. The van der Waals surface area contributed by atoms with Gasteiger partial charge in [0, 0.05) is 5.54 Å². The second-order valence-electron chi connectivity index (χ2n) is 6.24. The largest absolute Gasteiger partial charge is 0.192 e. The second-order valence-corrected chi connectivity index (χ2v) is 6.49. The van der Waals surface area contributed by atoms with Crippen LogP contribution in [-0.2, 0) is 0 Å². The topological polar surface area (TPSA) is 23.8 Å². The predicted molar refractivity (Wildman–Crippen MR) is 96.3 cm³/mol. The molecule has 0 aromatic heterocycles. The molecule has 0 heterocycles.